The summed E-state index contributed by atoms with van der Waals surface area (Å²) in [6.07, 6.45) is 2.96. The molecular formula is C7H9NS3. The second kappa shape index (κ2) is 4.95. The largest absolute Gasteiger partial charge is 0.249 e. The number of rotatable bonds is 3. The lowest BCUT2D eigenvalue weighted by atomic mass is 10.2. The fourth-order valence-electron chi connectivity index (χ4n) is 0.708. The van der Waals surface area contributed by atoms with Gasteiger partial charge in [0.2, 0.25) is 0 Å². The van der Waals surface area contributed by atoms with E-state index in [0.717, 1.165) is 11.4 Å². The Morgan fingerprint density at radius 2 is 2.36 bits per heavy atom. The summed E-state index contributed by atoms with van der Waals surface area (Å²) >= 11 is 4.02. The van der Waals surface area contributed by atoms with Crippen LogP contribution in [0.4, 0.5) is 0 Å². The van der Waals surface area contributed by atoms with Crippen molar-refractivity contribution < 1.29 is 0 Å². The van der Waals surface area contributed by atoms with Crippen LogP contribution < -0.4 is 0 Å². The van der Waals surface area contributed by atoms with Crippen LogP contribution >= 0.6 is 32.3 Å². The molecule has 0 amide bonds. The van der Waals surface area contributed by atoms with E-state index in [1.807, 2.05) is 12.3 Å². The van der Waals surface area contributed by atoms with Gasteiger partial charge in [-0.15, -0.1) is 0 Å². The van der Waals surface area contributed by atoms with Gasteiger partial charge in [-0.1, -0.05) is 24.7 Å². The third kappa shape index (κ3) is 2.97. The zero-order valence-electron chi connectivity index (χ0n) is 6.15. The summed E-state index contributed by atoms with van der Waals surface area (Å²) in [5, 5.41) is 1.02. The predicted octanol–water partition coefficient (Wildman–Crippen LogP) is 3.23. The summed E-state index contributed by atoms with van der Waals surface area (Å²) in [5.41, 5.74) is 1.28. The molecule has 0 aromatic carbocycles. The van der Waals surface area contributed by atoms with Gasteiger partial charge in [-0.2, -0.15) is 0 Å². The van der Waals surface area contributed by atoms with Crippen molar-refractivity contribution in [3.05, 3.63) is 23.9 Å². The van der Waals surface area contributed by atoms with Crippen molar-refractivity contribution in [3.63, 3.8) is 0 Å². The van der Waals surface area contributed by atoms with Crippen molar-refractivity contribution in [1.29, 1.82) is 0 Å². The number of thiol groups is 1. The van der Waals surface area contributed by atoms with Crippen LogP contribution in [0.5, 0.6) is 0 Å². The third-order valence-corrected chi connectivity index (χ3v) is 3.22. The van der Waals surface area contributed by atoms with Crippen molar-refractivity contribution in [2.75, 3.05) is 0 Å². The topological polar surface area (TPSA) is 12.9 Å². The van der Waals surface area contributed by atoms with Crippen LogP contribution in [-0.2, 0) is 6.42 Å². The Bertz CT molecular complexity index is 209. The SMILES string of the molecule is CCc1ccc(SSS)nc1. The molecule has 0 aliphatic heterocycles. The normalized spacial score (nSPS) is 10.0. The monoisotopic (exact) mass is 203 g/mol. The smallest absolute Gasteiger partial charge is 0.107 e. The summed E-state index contributed by atoms with van der Waals surface area (Å²) < 4.78 is 0. The number of aryl methyl sites for hydroxylation is 1. The first-order valence-corrected chi connectivity index (χ1v) is 6.50. The molecule has 4 heteroatoms. The quantitative estimate of drug-likeness (QED) is 0.599. The standard InChI is InChI=1S/C7H9NS3/c1-2-6-3-4-7(8-5-6)10-11-9/h3-5,9H,2H2,1H3. The first-order chi connectivity index (χ1) is 5.36. The molecule has 0 atom stereocenters. The highest BCUT2D eigenvalue weighted by atomic mass is 33.5. The van der Waals surface area contributed by atoms with Gasteiger partial charge in [0.25, 0.3) is 0 Å². The van der Waals surface area contributed by atoms with Crippen molar-refractivity contribution in [2.24, 2.45) is 0 Å². The summed E-state index contributed by atoms with van der Waals surface area (Å²) in [6.45, 7) is 2.12. The Morgan fingerprint density at radius 1 is 1.55 bits per heavy atom. The average Bonchev–Trinajstić information content (AvgIpc) is 2.07. The van der Waals surface area contributed by atoms with Gasteiger partial charge in [0.05, 0.1) is 0 Å². The van der Waals surface area contributed by atoms with Crippen LogP contribution in [-0.4, -0.2) is 4.98 Å². The second-order valence-electron chi connectivity index (χ2n) is 2.02. The molecule has 1 rings (SSSR count). The highest BCUT2D eigenvalue weighted by Crippen LogP contribution is 2.31. The van der Waals surface area contributed by atoms with E-state index in [4.69, 9.17) is 0 Å². The molecule has 0 radical (unpaired) electrons. The fourth-order valence-corrected chi connectivity index (χ4v) is 2.22. The van der Waals surface area contributed by atoms with E-state index in [-0.39, 0.29) is 0 Å². The molecular weight excluding hydrogens is 194 g/mol. The molecule has 60 valence electrons. The highest BCUT2D eigenvalue weighted by Gasteiger charge is 1.93. The number of nitrogens with zero attached hydrogens (tertiary/aromatic N) is 1. The minimum absolute atomic E-state index is 1.02. The first kappa shape index (κ1) is 9.29. The lowest BCUT2D eigenvalue weighted by molar-refractivity contribution is 1.05. The lowest BCUT2D eigenvalue weighted by Gasteiger charge is -1.97. The predicted molar refractivity (Wildman–Crippen MR) is 56.0 cm³/mol. The molecule has 0 saturated carbocycles. The number of pyridine rings is 1. The minimum Gasteiger partial charge on any atom is -0.249 e. The van der Waals surface area contributed by atoms with Crippen LogP contribution in [0.15, 0.2) is 23.4 Å². The minimum atomic E-state index is 1.02. The summed E-state index contributed by atoms with van der Waals surface area (Å²) in [7, 11) is 2.98. The molecule has 1 nitrogen and oxygen atoms in total. The van der Waals surface area contributed by atoms with Gasteiger partial charge in [-0.3, -0.25) is 0 Å². The number of hydrogen-bond acceptors (Lipinski definition) is 4. The maximum Gasteiger partial charge on any atom is 0.107 e. The molecule has 0 saturated heterocycles. The summed E-state index contributed by atoms with van der Waals surface area (Å²) in [4.78, 5) is 4.23. The van der Waals surface area contributed by atoms with E-state index in [0.29, 0.717) is 0 Å². The summed E-state index contributed by atoms with van der Waals surface area (Å²) in [6, 6.07) is 4.12. The van der Waals surface area contributed by atoms with Gasteiger partial charge < -0.3 is 0 Å². The fraction of sp³-hybridized carbons (Fsp3) is 0.286. The molecule has 1 aromatic heterocycles. The third-order valence-electron chi connectivity index (χ3n) is 1.33. The van der Waals surface area contributed by atoms with E-state index >= 15 is 0 Å². The van der Waals surface area contributed by atoms with E-state index in [1.54, 1.807) is 10.8 Å². The highest BCUT2D eigenvalue weighted by molar-refractivity contribution is 9.05. The summed E-state index contributed by atoms with van der Waals surface area (Å²) in [5.74, 6) is 0. The van der Waals surface area contributed by atoms with Gasteiger partial charge in [0.15, 0.2) is 0 Å². The van der Waals surface area contributed by atoms with Crippen LogP contribution in [0.25, 0.3) is 0 Å². The van der Waals surface area contributed by atoms with Gasteiger partial charge in [-0.25, -0.2) is 4.98 Å². The van der Waals surface area contributed by atoms with Crippen molar-refractivity contribution >= 4 is 32.3 Å². The zero-order valence-corrected chi connectivity index (χ0v) is 8.68. The van der Waals surface area contributed by atoms with Crippen molar-refractivity contribution in [3.8, 4) is 0 Å². The Morgan fingerprint density at radius 3 is 2.82 bits per heavy atom. The molecule has 0 aliphatic carbocycles. The molecule has 1 heterocycles. The Balaban J connectivity index is 2.66. The second-order valence-corrected chi connectivity index (χ2v) is 5.04. The van der Waals surface area contributed by atoms with E-state index in [2.05, 4.69) is 29.6 Å². The van der Waals surface area contributed by atoms with E-state index in [1.165, 1.54) is 15.4 Å². The van der Waals surface area contributed by atoms with Gasteiger partial charge in [0.1, 0.15) is 5.03 Å². The Labute approximate surface area is 79.6 Å². The van der Waals surface area contributed by atoms with E-state index < -0.39 is 0 Å². The van der Waals surface area contributed by atoms with Crippen LogP contribution in [0.1, 0.15) is 12.5 Å². The maximum absolute atomic E-state index is 4.23. The van der Waals surface area contributed by atoms with Crippen LogP contribution in [0.3, 0.4) is 0 Å². The maximum atomic E-state index is 4.23. The molecule has 0 N–H and O–H groups in total. The Kier molecular flexibility index (Phi) is 4.18. The van der Waals surface area contributed by atoms with Crippen molar-refractivity contribution in [2.45, 2.75) is 18.4 Å². The molecule has 0 spiro atoms. The molecule has 11 heavy (non-hydrogen) atoms. The van der Waals surface area contributed by atoms with Crippen molar-refractivity contribution in [1.82, 2.24) is 4.98 Å². The number of hydrogen-bond donors (Lipinski definition) is 1. The zero-order chi connectivity index (χ0) is 8.10. The van der Waals surface area contributed by atoms with Gasteiger partial charge >= 0.3 is 0 Å². The Hall–Kier alpha value is 0.200. The van der Waals surface area contributed by atoms with Crippen LogP contribution in [0, 0.1) is 0 Å². The van der Waals surface area contributed by atoms with Crippen LogP contribution in [0.2, 0.25) is 0 Å². The van der Waals surface area contributed by atoms with E-state index in [9.17, 15) is 0 Å². The molecule has 1 aromatic rings. The molecule has 0 aliphatic rings. The van der Waals surface area contributed by atoms with Gasteiger partial charge in [-0.05, 0) is 38.7 Å². The number of aromatic nitrogens is 1. The average molecular weight is 203 g/mol. The lowest BCUT2D eigenvalue weighted by Crippen LogP contribution is -1.82. The first-order valence-electron chi connectivity index (χ1n) is 3.30. The molecule has 0 fully saturated rings. The molecule has 0 unspecified atom stereocenters. The molecule has 0 bridgehead atoms. The van der Waals surface area contributed by atoms with Gasteiger partial charge in [0, 0.05) is 6.20 Å².